The standard InChI is InChI=1S/C21H20N2O3S/c1-3-13-8-10-15(11-9-13)23-20-17(19(22)27)12-14-6-5-7-16(18(14)26-20)21(24)25-4-2/h5-12H,3-4H2,1-2H3,(H2,22,27). The molecule has 5 nitrogen and oxygen atoms in total. The molecule has 138 valence electrons. The summed E-state index contributed by atoms with van der Waals surface area (Å²) in [5.41, 5.74) is 9.29. The minimum absolute atomic E-state index is 0.172. The van der Waals surface area contributed by atoms with E-state index in [4.69, 9.17) is 27.1 Å². The summed E-state index contributed by atoms with van der Waals surface area (Å²) in [5.74, 6) is -0.451. The number of carbonyl (C=O) groups excluding carboxylic acids is 1. The van der Waals surface area contributed by atoms with E-state index < -0.39 is 5.97 Å². The lowest BCUT2D eigenvalue weighted by Crippen LogP contribution is -2.21. The van der Waals surface area contributed by atoms with E-state index >= 15 is 0 Å². The van der Waals surface area contributed by atoms with Crippen LogP contribution in [0.5, 0.6) is 0 Å². The molecule has 6 heteroatoms. The first-order valence-corrected chi connectivity index (χ1v) is 9.11. The number of para-hydroxylation sites is 1. The van der Waals surface area contributed by atoms with E-state index in [0.29, 0.717) is 27.8 Å². The molecule has 0 aliphatic rings. The van der Waals surface area contributed by atoms with Gasteiger partial charge in [0.05, 0.1) is 17.9 Å². The van der Waals surface area contributed by atoms with Gasteiger partial charge in [-0.2, -0.15) is 0 Å². The number of nitrogens with two attached hydrogens (primary N) is 1. The van der Waals surface area contributed by atoms with E-state index in [0.717, 1.165) is 6.42 Å². The minimum Gasteiger partial charge on any atom is -0.462 e. The van der Waals surface area contributed by atoms with Crippen LogP contribution in [0, 0.1) is 0 Å². The zero-order valence-electron chi connectivity index (χ0n) is 15.2. The van der Waals surface area contributed by atoms with Crippen molar-refractivity contribution in [1.29, 1.82) is 0 Å². The summed E-state index contributed by atoms with van der Waals surface area (Å²) in [6.45, 7) is 4.12. The largest absolute Gasteiger partial charge is 0.462 e. The van der Waals surface area contributed by atoms with Crippen LogP contribution in [-0.4, -0.2) is 17.6 Å². The Labute approximate surface area is 162 Å². The molecular formula is C21H20N2O3S. The lowest BCUT2D eigenvalue weighted by atomic mass is 10.1. The summed E-state index contributed by atoms with van der Waals surface area (Å²) in [4.78, 5) is 17.0. The number of hydrogen-bond donors (Lipinski definition) is 1. The van der Waals surface area contributed by atoms with Crippen LogP contribution >= 0.6 is 12.2 Å². The van der Waals surface area contributed by atoms with Crippen LogP contribution in [0.1, 0.15) is 35.3 Å². The van der Waals surface area contributed by atoms with Crippen molar-refractivity contribution in [3.05, 3.63) is 70.8 Å². The molecule has 0 amide bonds. The number of benzene rings is 2. The van der Waals surface area contributed by atoms with Crippen LogP contribution in [0.4, 0.5) is 5.69 Å². The molecule has 27 heavy (non-hydrogen) atoms. The number of fused-ring (bicyclic) bond motifs is 1. The van der Waals surface area contributed by atoms with Gasteiger partial charge in [-0.1, -0.05) is 43.4 Å². The van der Waals surface area contributed by atoms with Gasteiger partial charge in [0, 0.05) is 5.39 Å². The maximum atomic E-state index is 12.3. The van der Waals surface area contributed by atoms with Crippen LogP contribution < -0.4 is 11.3 Å². The first kappa shape index (κ1) is 18.8. The molecule has 0 atom stereocenters. The third-order valence-corrected chi connectivity index (χ3v) is 4.33. The highest BCUT2D eigenvalue weighted by Crippen LogP contribution is 2.20. The Morgan fingerprint density at radius 3 is 2.52 bits per heavy atom. The Morgan fingerprint density at radius 1 is 1.15 bits per heavy atom. The third-order valence-electron chi connectivity index (χ3n) is 4.11. The van der Waals surface area contributed by atoms with E-state index in [9.17, 15) is 4.79 Å². The van der Waals surface area contributed by atoms with Gasteiger partial charge >= 0.3 is 5.97 Å². The molecule has 0 radical (unpaired) electrons. The number of rotatable bonds is 5. The van der Waals surface area contributed by atoms with Crippen molar-refractivity contribution in [2.75, 3.05) is 6.61 Å². The predicted octanol–water partition coefficient (Wildman–Crippen LogP) is 4.04. The molecule has 2 N–H and O–H groups in total. The van der Waals surface area contributed by atoms with E-state index in [-0.39, 0.29) is 17.1 Å². The number of aryl methyl sites for hydroxylation is 1. The maximum absolute atomic E-state index is 12.3. The van der Waals surface area contributed by atoms with Crippen molar-refractivity contribution >= 4 is 39.8 Å². The highest BCUT2D eigenvalue weighted by Gasteiger charge is 2.15. The number of thiocarbonyl (C=S) groups is 1. The van der Waals surface area contributed by atoms with Gasteiger partial charge in [-0.3, -0.25) is 0 Å². The van der Waals surface area contributed by atoms with Crippen LogP contribution in [-0.2, 0) is 11.2 Å². The molecule has 0 spiro atoms. The lowest BCUT2D eigenvalue weighted by Gasteiger charge is -2.07. The predicted molar refractivity (Wildman–Crippen MR) is 109 cm³/mol. The smallest absolute Gasteiger partial charge is 0.341 e. The Balaban J connectivity index is 2.24. The third kappa shape index (κ3) is 4.06. The number of carbonyl (C=O) groups is 1. The highest BCUT2D eigenvalue weighted by molar-refractivity contribution is 7.80. The molecular weight excluding hydrogens is 360 g/mol. The fraction of sp³-hybridized carbons (Fsp3) is 0.190. The van der Waals surface area contributed by atoms with Crippen LogP contribution in [0.3, 0.4) is 0 Å². The lowest BCUT2D eigenvalue weighted by molar-refractivity contribution is 0.0527. The van der Waals surface area contributed by atoms with Gasteiger partial charge in [-0.25, -0.2) is 9.79 Å². The van der Waals surface area contributed by atoms with E-state index in [2.05, 4.69) is 11.9 Å². The second-order valence-corrected chi connectivity index (χ2v) is 6.35. The van der Waals surface area contributed by atoms with Gasteiger partial charge in [0.1, 0.15) is 10.6 Å². The van der Waals surface area contributed by atoms with Gasteiger partial charge in [-0.05, 0) is 43.2 Å². The summed E-state index contributed by atoms with van der Waals surface area (Å²) in [7, 11) is 0. The molecule has 1 heterocycles. The fourth-order valence-corrected chi connectivity index (χ4v) is 2.85. The minimum atomic E-state index is -0.451. The first-order valence-electron chi connectivity index (χ1n) is 8.71. The zero-order valence-corrected chi connectivity index (χ0v) is 16.0. The molecule has 0 aliphatic heterocycles. The Morgan fingerprint density at radius 2 is 1.89 bits per heavy atom. The number of nitrogens with zero attached hydrogens (tertiary/aromatic N) is 1. The normalized spacial score (nSPS) is 11.6. The van der Waals surface area contributed by atoms with Crippen molar-refractivity contribution in [1.82, 2.24) is 0 Å². The van der Waals surface area contributed by atoms with Gasteiger partial charge in [0.25, 0.3) is 0 Å². The molecule has 0 fully saturated rings. The number of esters is 1. The molecule has 2 aromatic carbocycles. The van der Waals surface area contributed by atoms with Crippen molar-refractivity contribution in [3.8, 4) is 0 Å². The SMILES string of the molecule is CCOC(=O)c1cccc2cc(C(N)=S)c(=Nc3ccc(CC)cc3)oc12. The molecule has 0 saturated heterocycles. The van der Waals surface area contributed by atoms with Crippen molar-refractivity contribution < 1.29 is 13.9 Å². The Hall–Kier alpha value is -2.99. The average molecular weight is 380 g/mol. The summed E-state index contributed by atoms with van der Waals surface area (Å²) in [6, 6.07) is 14.8. The van der Waals surface area contributed by atoms with E-state index in [1.807, 2.05) is 30.3 Å². The van der Waals surface area contributed by atoms with Gasteiger partial charge in [0.2, 0.25) is 5.55 Å². The average Bonchev–Trinajstić information content (AvgIpc) is 2.67. The summed E-state index contributed by atoms with van der Waals surface area (Å²) < 4.78 is 11.1. The quantitative estimate of drug-likeness (QED) is 0.534. The second-order valence-electron chi connectivity index (χ2n) is 5.91. The summed E-state index contributed by atoms with van der Waals surface area (Å²) in [5, 5.41) is 0.698. The van der Waals surface area contributed by atoms with E-state index in [1.165, 1.54) is 5.56 Å². The van der Waals surface area contributed by atoms with Crippen LogP contribution in [0.2, 0.25) is 0 Å². The van der Waals surface area contributed by atoms with Crippen LogP contribution in [0.15, 0.2) is 57.9 Å². The fourth-order valence-electron chi connectivity index (χ4n) is 2.70. The monoisotopic (exact) mass is 380 g/mol. The molecule has 0 bridgehead atoms. The van der Waals surface area contributed by atoms with Crippen molar-refractivity contribution in [2.45, 2.75) is 20.3 Å². The Kier molecular flexibility index (Phi) is 5.66. The van der Waals surface area contributed by atoms with Gasteiger partial charge in [-0.15, -0.1) is 0 Å². The van der Waals surface area contributed by atoms with Gasteiger partial charge < -0.3 is 14.9 Å². The van der Waals surface area contributed by atoms with Crippen molar-refractivity contribution in [3.63, 3.8) is 0 Å². The summed E-state index contributed by atoms with van der Waals surface area (Å²) >= 11 is 5.16. The molecule has 1 aromatic heterocycles. The molecule has 0 aliphatic carbocycles. The zero-order chi connectivity index (χ0) is 19.4. The van der Waals surface area contributed by atoms with Crippen molar-refractivity contribution in [2.24, 2.45) is 10.7 Å². The molecule has 0 saturated carbocycles. The second kappa shape index (κ2) is 8.14. The number of hydrogen-bond acceptors (Lipinski definition) is 5. The van der Waals surface area contributed by atoms with Gasteiger partial charge in [0.15, 0.2) is 5.58 Å². The highest BCUT2D eigenvalue weighted by atomic mass is 32.1. The molecule has 3 rings (SSSR count). The topological polar surface area (TPSA) is 77.8 Å². The first-order chi connectivity index (χ1) is 13.0. The maximum Gasteiger partial charge on any atom is 0.341 e. The molecule has 3 aromatic rings. The van der Waals surface area contributed by atoms with Crippen LogP contribution in [0.25, 0.3) is 11.0 Å². The number of ether oxygens (including phenoxy) is 1. The Bertz CT molecular complexity index is 1070. The summed E-state index contributed by atoms with van der Waals surface area (Å²) in [6.07, 6.45) is 0.946. The van der Waals surface area contributed by atoms with E-state index in [1.54, 1.807) is 25.1 Å². The molecule has 0 unspecified atom stereocenters.